The standard InChI is InChI=1S/C20H31N3O3S/c1-23(14-8-9-15-23)20(22-27(2,25)26)13-7-6-12-18(20)21-19(24)16-17-10-4-3-5-11-17/h3-5,10-11,18,22H,6-9,12-16H2,1-2H3/p+1/t18-,20-/m1/s1. The Hall–Kier alpha value is -1.44. The van der Waals surface area contributed by atoms with Crippen LogP contribution in [0.4, 0.5) is 0 Å². The predicted molar refractivity (Wildman–Crippen MR) is 106 cm³/mol. The first kappa shape index (κ1) is 20.3. The maximum atomic E-state index is 12.8. The second-order valence-corrected chi connectivity index (χ2v) is 10.1. The number of benzene rings is 1. The monoisotopic (exact) mass is 394 g/mol. The summed E-state index contributed by atoms with van der Waals surface area (Å²) in [4.78, 5) is 12.8. The van der Waals surface area contributed by atoms with Crippen LogP contribution in [0.15, 0.2) is 30.3 Å². The van der Waals surface area contributed by atoms with Crippen molar-refractivity contribution < 1.29 is 17.7 Å². The molecule has 1 heterocycles. The zero-order valence-corrected chi connectivity index (χ0v) is 17.2. The summed E-state index contributed by atoms with van der Waals surface area (Å²) in [6.45, 7) is 1.88. The predicted octanol–water partition coefficient (Wildman–Crippen LogP) is 1.77. The molecule has 2 fully saturated rings. The van der Waals surface area contributed by atoms with E-state index in [2.05, 4.69) is 17.1 Å². The molecule has 1 aliphatic carbocycles. The van der Waals surface area contributed by atoms with E-state index in [0.29, 0.717) is 10.9 Å². The molecule has 0 radical (unpaired) electrons. The summed E-state index contributed by atoms with van der Waals surface area (Å²) in [7, 11) is -1.26. The van der Waals surface area contributed by atoms with Gasteiger partial charge in [0.15, 0.2) is 5.66 Å². The second kappa shape index (κ2) is 7.89. The number of nitrogens with zero attached hydrogens (tertiary/aromatic N) is 1. The molecule has 1 aromatic carbocycles. The van der Waals surface area contributed by atoms with Gasteiger partial charge in [0.25, 0.3) is 0 Å². The Morgan fingerprint density at radius 1 is 1.15 bits per heavy atom. The van der Waals surface area contributed by atoms with E-state index >= 15 is 0 Å². The van der Waals surface area contributed by atoms with E-state index in [1.165, 1.54) is 6.26 Å². The highest BCUT2D eigenvalue weighted by Crippen LogP contribution is 2.39. The highest BCUT2D eigenvalue weighted by molar-refractivity contribution is 7.88. The van der Waals surface area contributed by atoms with E-state index in [1.54, 1.807) is 0 Å². The number of hydrogen-bond acceptors (Lipinski definition) is 3. The number of carbonyl (C=O) groups excluding carboxylic acids is 1. The van der Waals surface area contributed by atoms with Gasteiger partial charge < -0.3 is 9.80 Å². The Balaban J connectivity index is 1.86. The summed E-state index contributed by atoms with van der Waals surface area (Å²) < 4.78 is 28.3. The molecule has 6 nitrogen and oxygen atoms in total. The van der Waals surface area contributed by atoms with E-state index in [0.717, 1.165) is 57.2 Å². The van der Waals surface area contributed by atoms with E-state index in [-0.39, 0.29) is 11.9 Å². The minimum absolute atomic E-state index is 0.0430. The van der Waals surface area contributed by atoms with Gasteiger partial charge in [-0.25, -0.2) is 8.42 Å². The van der Waals surface area contributed by atoms with Gasteiger partial charge in [0.1, 0.15) is 0 Å². The molecule has 27 heavy (non-hydrogen) atoms. The average molecular weight is 395 g/mol. The van der Waals surface area contributed by atoms with Crippen molar-refractivity contribution in [3.63, 3.8) is 0 Å². The summed E-state index contributed by atoms with van der Waals surface area (Å²) in [5.74, 6) is -0.0430. The molecule has 2 atom stereocenters. The van der Waals surface area contributed by atoms with Crippen molar-refractivity contribution in [2.24, 2.45) is 0 Å². The normalized spacial score (nSPS) is 28.0. The number of likely N-dealkylation sites (N-methyl/N-ethyl adjacent to an activating group) is 1. The van der Waals surface area contributed by atoms with Crippen LogP contribution >= 0.6 is 0 Å². The van der Waals surface area contributed by atoms with Crippen molar-refractivity contribution in [3.8, 4) is 0 Å². The highest BCUT2D eigenvalue weighted by Gasteiger charge is 2.57. The van der Waals surface area contributed by atoms with Crippen LogP contribution < -0.4 is 10.0 Å². The molecule has 2 N–H and O–H groups in total. The summed E-state index contributed by atoms with van der Waals surface area (Å²) in [5.41, 5.74) is 0.309. The third-order valence-electron chi connectivity index (χ3n) is 6.30. The molecule has 0 spiro atoms. The molecule has 150 valence electrons. The molecule has 0 bridgehead atoms. The Bertz CT molecular complexity index is 760. The second-order valence-electron chi connectivity index (χ2n) is 8.38. The van der Waals surface area contributed by atoms with Gasteiger partial charge in [0, 0.05) is 19.3 Å². The fourth-order valence-electron chi connectivity index (χ4n) is 5.01. The lowest BCUT2D eigenvalue weighted by molar-refractivity contribution is -0.953. The number of hydrogen-bond donors (Lipinski definition) is 2. The van der Waals surface area contributed by atoms with Crippen LogP contribution in [-0.2, 0) is 21.2 Å². The lowest BCUT2D eigenvalue weighted by Gasteiger charge is -2.54. The smallest absolute Gasteiger partial charge is 0.224 e. The van der Waals surface area contributed by atoms with E-state index in [9.17, 15) is 13.2 Å². The van der Waals surface area contributed by atoms with Crippen molar-refractivity contribution in [1.82, 2.24) is 10.0 Å². The van der Waals surface area contributed by atoms with Gasteiger partial charge in [-0.1, -0.05) is 36.8 Å². The average Bonchev–Trinajstić information content (AvgIpc) is 3.04. The van der Waals surface area contributed by atoms with Crippen LogP contribution in [0.5, 0.6) is 0 Å². The van der Waals surface area contributed by atoms with Crippen molar-refractivity contribution in [3.05, 3.63) is 35.9 Å². The van der Waals surface area contributed by atoms with Gasteiger partial charge in [-0.05, 0) is 18.4 Å². The number of rotatable bonds is 6. The first-order valence-electron chi connectivity index (χ1n) is 9.91. The first-order valence-corrected chi connectivity index (χ1v) is 11.8. The Labute approximate surface area is 163 Å². The lowest BCUT2D eigenvalue weighted by atomic mass is 9.82. The third kappa shape index (κ3) is 4.52. The van der Waals surface area contributed by atoms with Crippen LogP contribution in [-0.4, -0.2) is 56.9 Å². The molecule has 7 heteroatoms. The van der Waals surface area contributed by atoms with Crippen LogP contribution in [0.25, 0.3) is 0 Å². The van der Waals surface area contributed by atoms with E-state index in [1.807, 2.05) is 30.3 Å². The molecular weight excluding hydrogens is 362 g/mol. The molecule has 1 aliphatic heterocycles. The largest absolute Gasteiger partial charge is 0.345 e. The summed E-state index contributed by atoms with van der Waals surface area (Å²) >= 11 is 0. The molecule has 1 saturated heterocycles. The number of nitrogens with one attached hydrogen (secondary N) is 2. The number of amides is 1. The Morgan fingerprint density at radius 2 is 1.81 bits per heavy atom. The fraction of sp³-hybridized carbons (Fsp3) is 0.650. The number of likely N-dealkylation sites (tertiary alicyclic amines) is 1. The van der Waals surface area contributed by atoms with Crippen LogP contribution in [0, 0.1) is 0 Å². The topological polar surface area (TPSA) is 75.3 Å². The van der Waals surface area contributed by atoms with Crippen LogP contribution in [0.3, 0.4) is 0 Å². The van der Waals surface area contributed by atoms with Crippen molar-refractivity contribution >= 4 is 15.9 Å². The highest BCUT2D eigenvalue weighted by atomic mass is 32.2. The van der Waals surface area contributed by atoms with Gasteiger partial charge >= 0.3 is 0 Å². The van der Waals surface area contributed by atoms with Gasteiger partial charge in [-0.2, -0.15) is 4.72 Å². The summed E-state index contributed by atoms with van der Waals surface area (Å²) in [6, 6.07) is 9.47. The first-order chi connectivity index (χ1) is 12.7. The number of quaternary nitrogens is 1. The van der Waals surface area contributed by atoms with E-state index < -0.39 is 15.7 Å². The van der Waals surface area contributed by atoms with Crippen LogP contribution in [0.2, 0.25) is 0 Å². The molecule has 0 aromatic heterocycles. The molecule has 1 aromatic rings. The third-order valence-corrected chi connectivity index (χ3v) is 7.02. The molecule has 1 amide bonds. The van der Waals surface area contributed by atoms with Gasteiger partial charge in [0.05, 0.1) is 38.9 Å². The number of sulfonamides is 1. The van der Waals surface area contributed by atoms with Crippen molar-refractivity contribution in [2.75, 3.05) is 26.4 Å². The SMILES string of the molecule is C[N+]1([C@]2(NS(C)(=O)=O)CCCC[C@H]2NC(=O)Cc2ccccc2)CCCC1. The van der Waals surface area contributed by atoms with Crippen molar-refractivity contribution in [2.45, 2.75) is 56.7 Å². The van der Waals surface area contributed by atoms with Gasteiger partial charge in [-0.3, -0.25) is 4.79 Å². The molecule has 3 rings (SSSR count). The Kier molecular flexibility index (Phi) is 5.93. The zero-order valence-electron chi connectivity index (χ0n) is 16.4. The lowest BCUT2D eigenvalue weighted by Crippen LogP contribution is -2.77. The zero-order chi connectivity index (χ0) is 19.5. The molecule has 1 saturated carbocycles. The molecule has 0 unspecified atom stereocenters. The summed E-state index contributed by atoms with van der Waals surface area (Å²) in [6.07, 6.45) is 7.27. The molecular formula is C20H32N3O3S+. The molecule has 2 aliphatic rings. The van der Waals surface area contributed by atoms with Gasteiger partial charge in [0.2, 0.25) is 15.9 Å². The minimum atomic E-state index is -3.40. The van der Waals surface area contributed by atoms with Gasteiger partial charge in [-0.15, -0.1) is 0 Å². The summed E-state index contributed by atoms with van der Waals surface area (Å²) in [5, 5.41) is 3.20. The maximum Gasteiger partial charge on any atom is 0.224 e. The van der Waals surface area contributed by atoms with Crippen LogP contribution in [0.1, 0.15) is 44.1 Å². The van der Waals surface area contributed by atoms with Crippen molar-refractivity contribution in [1.29, 1.82) is 0 Å². The quantitative estimate of drug-likeness (QED) is 0.722. The minimum Gasteiger partial charge on any atom is -0.345 e. The number of carbonyl (C=O) groups is 1. The Morgan fingerprint density at radius 3 is 2.44 bits per heavy atom. The van der Waals surface area contributed by atoms with E-state index in [4.69, 9.17) is 0 Å². The fourth-order valence-corrected chi connectivity index (χ4v) is 6.11. The maximum absolute atomic E-state index is 12.8.